The van der Waals surface area contributed by atoms with Gasteiger partial charge in [-0.15, -0.1) is 0 Å². The third kappa shape index (κ3) is 3.83. The van der Waals surface area contributed by atoms with E-state index in [9.17, 15) is 27.2 Å². The van der Waals surface area contributed by atoms with Crippen LogP contribution in [0.5, 0.6) is 0 Å². The minimum absolute atomic E-state index is 0.163. The molecule has 3 amide bonds. The Kier molecular flexibility index (Phi) is 5.24. The Balaban J connectivity index is 1.86. The first-order valence-electron chi connectivity index (χ1n) is 8.47. The van der Waals surface area contributed by atoms with Crippen molar-refractivity contribution in [1.82, 2.24) is 15.5 Å². The molecule has 0 unspecified atom stereocenters. The number of amides is 3. The molecular formula is C17H18ClF4N3O2. The minimum atomic E-state index is -2.90. The maximum absolute atomic E-state index is 14.5. The summed E-state index contributed by atoms with van der Waals surface area (Å²) >= 11 is 5.60. The Morgan fingerprint density at radius 3 is 2.67 bits per heavy atom. The van der Waals surface area contributed by atoms with Crippen molar-refractivity contribution in [3.8, 4) is 0 Å². The molecule has 27 heavy (non-hydrogen) atoms. The van der Waals surface area contributed by atoms with E-state index in [1.165, 1.54) is 11.8 Å². The molecule has 2 N–H and O–H groups in total. The van der Waals surface area contributed by atoms with Crippen molar-refractivity contribution < 1.29 is 27.2 Å². The number of carbonyl (C=O) groups excluding carboxylic acids is 2. The summed E-state index contributed by atoms with van der Waals surface area (Å²) in [5.41, 5.74) is -0.163. The summed E-state index contributed by atoms with van der Waals surface area (Å²) in [6.07, 6.45) is -1.08. The first-order chi connectivity index (χ1) is 12.6. The third-order valence-corrected chi connectivity index (χ3v) is 5.38. The maximum atomic E-state index is 14.5. The molecule has 0 spiro atoms. The Hall–Kier alpha value is -2.03. The molecule has 0 bridgehead atoms. The first-order valence-corrected chi connectivity index (χ1v) is 8.84. The summed E-state index contributed by atoms with van der Waals surface area (Å²) in [4.78, 5) is 25.6. The number of hydrogen-bond acceptors (Lipinski definition) is 2. The second kappa shape index (κ2) is 7.18. The van der Waals surface area contributed by atoms with Crippen LogP contribution >= 0.6 is 11.6 Å². The molecule has 1 aliphatic carbocycles. The van der Waals surface area contributed by atoms with Crippen LogP contribution < -0.4 is 10.6 Å². The van der Waals surface area contributed by atoms with Gasteiger partial charge in [0.25, 0.3) is 0 Å². The number of nitrogens with zero attached hydrogens (tertiary/aromatic N) is 1. The molecule has 1 aromatic carbocycles. The van der Waals surface area contributed by atoms with E-state index in [1.54, 1.807) is 0 Å². The summed E-state index contributed by atoms with van der Waals surface area (Å²) in [5.74, 6) is -6.07. The van der Waals surface area contributed by atoms with Gasteiger partial charge in [-0.2, -0.15) is 0 Å². The number of halogens is 5. The molecule has 2 fully saturated rings. The van der Waals surface area contributed by atoms with Crippen LogP contribution in [0.3, 0.4) is 0 Å². The van der Waals surface area contributed by atoms with Crippen molar-refractivity contribution in [2.75, 3.05) is 13.1 Å². The van der Waals surface area contributed by atoms with E-state index in [2.05, 4.69) is 10.6 Å². The van der Waals surface area contributed by atoms with Gasteiger partial charge in [0.15, 0.2) is 0 Å². The first kappa shape index (κ1) is 19.7. The quantitative estimate of drug-likeness (QED) is 0.597. The van der Waals surface area contributed by atoms with E-state index in [1.807, 2.05) is 0 Å². The normalized spacial score (nSPS) is 23.4. The van der Waals surface area contributed by atoms with Gasteiger partial charge < -0.3 is 15.5 Å². The molecular weight excluding hydrogens is 390 g/mol. The molecule has 5 nitrogen and oxygen atoms in total. The average molecular weight is 408 g/mol. The molecule has 2 aliphatic rings. The molecule has 1 aliphatic heterocycles. The highest BCUT2D eigenvalue weighted by atomic mass is 35.5. The summed E-state index contributed by atoms with van der Waals surface area (Å²) in [6.45, 7) is 1.99. The molecule has 148 valence electrons. The summed E-state index contributed by atoms with van der Waals surface area (Å²) in [7, 11) is 0. The number of hydrogen-bond donors (Lipinski definition) is 2. The van der Waals surface area contributed by atoms with Gasteiger partial charge in [0.05, 0.1) is 6.04 Å². The number of urea groups is 1. The highest BCUT2D eigenvalue weighted by molar-refractivity contribution is 6.31. The van der Waals surface area contributed by atoms with Gasteiger partial charge in [-0.05, 0) is 18.9 Å². The molecule has 0 radical (unpaired) electrons. The monoisotopic (exact) mass is 407 g/mol. The lowest BCUT2D eigenvalue weighted by atomic mass is 9.74. The Labute approximate surface area is 158 Å². The lowest BCUT2D eigenvalue weighted by molar-refractivity contribution is -0.127. The molecule has 10 heteroatoms. The minimum Gasteiger partial charge on any atom is -0.353 e. The highest BCUT2D eigenvalue weighted by Crippen LogP contribution is 2.49. The molecule has 1 saturated heterocycles. The number of alkyl halides is 2. The second-order valence-corrected chi connectivity index (χ2v) is 7.25. The fourth-order valence-corrected chi connectivity index (χ4v) is 3.62. The SMILES string of the molecule is C[C@@H]1C(=O)NCCN1C(=O)N[C@H](c1ccc(F)c(Cl)c1F)C1CC(F)(F)C1. The predicted octanol–water partition coefficient (Wildman–Crippen LogP) is 3.23. The fraction of sp³-hybridized carbons (Fsp3) is 0.529. The predicted molar refractivity (Wildman–Crippen MR) is 89.5 cm³/mol. The van der Waals surface area contributed by atoms with Crippen LogP contribution in [0.4, 0.5) is 22.4 Å². The van der Waals surface area contributed by atoms with Crippen molar-refractivity contribution in [2.24, 2.45) is 5.92 Å². The lowest BCUT2D eigenvalue weighted by Gasteiger charge is -2.42. The van der Waals surface area contributed by atoms with Crippen LogP contribution in [0.25, 0.3) is 0 Å². The third-order valence-electron chi connectivity index (χ3n) is 5.03. The van der Waals surface area contributed by atoms with Crippen LogP contribution in [0.1, 0.15) is 31.4 Å². The van der Waals surface area contributed by atoms with E-state index < -0.39 is 59.5 Å². The molecule has 2 atom stereocenters. The van der Waals surface area contributed by atoms with E-state index in [-0.39, 0.29) is 24.6 Å². The van der Waals surface area contributed by atoms with Crippen molar-refractivity contribution in [3.63, 3.8) is 0 Å². The van der Waals surface area contributed by atoms with Gasteiger partial charge in [-0.25, -0.2) is 22.4 Å². The largest absolute Gasteiger partial charge is 0.353 e. The summed E-state index contributed by atoms with van der Waals surface area (Å²) < 4.78 is 54.6. The van der Waals surface area contributed by atoms with E-state index in [4.69, 9.17) is 11.6 Å². The topological polar surface area (TPSA) is 61.4 Å². The van der Waals surface area contributed by atoms with E-state index in [0.29, 0.717) is 0 Å². The van der Waals surface area contributed by atoms with E-state index >= 15 is 0 Å². The van der Waals surface area contributed by atoms with Crippen molar-refractivity contribution in [1.29, 1.82) is 0 Å². The van der Waals surface area contributed by atoms with Gasteiger partial charge in [0.2, 0.25) is 11.8 Å². The van der Waals surface area contributed by atoms with Gasteiger partial charge in [-0.3, -0.25) is 4.79 Å². The zero-order valence-electron chi connectivity index (χ0n) is 14.4. The van der Waals surface area contributed by atoms with Crippen LogP contribution in [-0.2, 0) is 4.79 Å². The van der Waals surface area contributed by atoms with Gasteiger partial charge in [0.1, 0.15) is 22.7 Å². The molecule has 1 saturated carbocycles. The number of rotatable bonds is 3. The average Bonchev–Trinajstić information content (AvgIpc) is 2.58. The zero-order chi connectivity index (χ0) is 19.9. The van der Waals surface area contributed by atoms with Crippen molar-refractivity contribution in [3.05, 3.63) is 34.4 Å². The Morgan fingerprint density at radius 1 is 1.37 bits per heavy atom. The van der Waals surface area contributed by atoms with Gasteiger partial charge >= 0.3 is 6.03 Å². The van der Waals surface area contributed by atoms with Crippen molar-refractivity contribution in [2.45, 2.75) is 37.8 Å². The molecule has 0 aromatic heterocycles. The van der Waals surface area contributed by atoms with Crippen LogP contribution in [-0.4, -0.2) is 41.9 Å². The Bertz CT molecular complexity index is 769. The van der Waals surface area contributed by atoms with Crippen molar-refractivity contribution >= 4 is 23.5 Å². The molecule has 1 aromatic rings. The second-order valence-electron chi connectivity index (χ2n) is 6.88. The summed E-state index contributed by atoms with van der Waals surface area (Å²) in [6, 6.07) is -0.550. The number of nitrogens with one attached hydrogen (secondary N) is 2. The van der Waals surface area contributed by atoms with Crippen LogP contribution in [0.15, 0.2) is 12.1 Å². The lowest BCUT2D eigenvalue weighted by Crippen LogP contribution is -2.59. The number of benzene rings is 1. The van der Waals surface area contributed by atoms with Gasteiger partial charge in [-0.1, -0.05) is 17.7 Å². The molecule has 1 heterocycles. The fourth-order valence-electron chi connectivity index (χ4n) is 3.45. The number of piperazine rings is 1. The highest BCUT2D eigenvalue weighted by Gasteiger charge is 2.50. The standard InChI is InChI=1S/C17H18ClF4N3O2/c1-8-15(26)23-4-5-25(8)16(27)24-14(9-6-17(21,22)7-9)10-2-3-11(19)12(18)13(10)20/h2-3,8-9,14H,4-7H2,1H3,(H,23,26)(H,24,27)/t8-,14+/m1/s1. The number of carbonyl (C=O) groups is 2. The van der Waals surface area contributed by atoms with Crippen LogP contribution in [0, 0.1) is 17.6 Å². The smallest absolute Gasteiger partial charge is 0.318 e. The van der Waals surface area contributed by atoms with Crippen LogP contribution in [0.2, 0.25) is 5.02 Å². The molecule has 3 rings (SSSR count). The summed E-state index contributed by atoms with van der Waals surface area (Å²) in [5, 5.41) is 4.37. The zero-order valence-corrected chi connectivity index (χ0v) is 15.1. The maximum Gasteiger partial charge on any atom is 0.318 e. The van der Waals surface area contributed by atoms with E-state index in [0.717, 1.165) is 12.1 Å². The Morgan fingerprint density at radius 2 is 2.04 bits per heavy atom. The van der Waals surface area contributed by atoms with Gasteiger partial charge in [0, 0.05) is 31.5 Å².